The fourth-order valence-corrected chi connectivity index (χ4v) is 1.09. The lowest BCUT2D eigenvalue weighted by atomic mass is 10.1. The molecule has 0 aromatic carbocycles. The third-order valence-electron chi connectivity index (χ3n) is 1.93. The van der Waals surface area contributed by atoms with Gasteiger partial charge in [0, 0.05) is 6.04 Å². The van der Waals surface area contributed by atoms with E-state index in [4.69, 9.17) is 0 Å². The van der Waals surface area contributed by atoms with Gasteiger partial charge in [-0.05, 0) is 38.1 Å². The number of nitrogens with one attached hydrogen (secondary N) is 1. The highest BCUT2D eigenvalue weighted by molar-refractivity contribution is 5.29. The summed E-state index contributed by atoms with van der Waals surface area (Å²) in [6, 6.07) is 0.535. The van der Waals surface area contributed by atoms with Crippen LogP contribution >= 0.6 is 0 Å². The standard InChI is InChI=1S/C11H15N/c1-10(12-2)9-11-7-5-3-4-6-8-11/h3,5-8,10,12H,9H2,1-2H3/t10-/m0/s1. The van der Waals surface area contributed by atoms with Crippen LogP contribution in [0.3, 0.4) is 0 Å². The molecule has 0 saturated carbocycles. The normalized spacial score (nSPS) is 17.3. The van der Waals surface area contributed by atoms with Crippen molar-refractivity contribution in [2.24, 2.45) is 0 Å². The number of hydrogen-bond acceptors (Lipinski definition) is 1. The minimum atomic E-state index is 0.535. The first-order chi connectivity index (χ1) is 5.83. The number of hydrogen-bond donors (Lipinski definition) is 1. The Morgan fingerprint density at radius 2 is 2.33 bits per heavy atom. The third-order valence-corrected chi connectivity index (χ3v) is 1.93. The Labute approximate surface area is 74.2 Å². The van der Waals surface area contributed by atoms with Gasteiger partial charge in [0.05, 0.1) is 0 Å². The van der Waals surface area contributed by atoms with E-state index >= 15 is 0 Å². The molecule has 0 amide bonds. The van der Waals surface area contributed by atoms with E-state index in [0.29, 0.717) is 6.04 Å². The molecule has 0 saturated heterocycles. The molecule has 12 heavy (non-hydrogen) atoms. The Hall–Kier alpha value is -1.04. The lowest BCUT2D eigenvalue weighted by molar-refractivity contribution is 0.610. The molecule has 1 atom stereocenters. The molecule has 1 nitrogen and oxygen atoms in total. The molecule has 0 bridgehead atoms. The van der Waals surface area contributed by atoms with Crippen LogP contribution in [0.4, 0.5) is 0 Å². The molecule has 1 N–H and O–H groups in total. The van der Waals surface area contributed by atoms with Crippen molar-refractivity contribution in [3.8, 4) is 0 Å². The summed E-state index contributed by atoms with van der Waals surface area (Å²) in [5.74, 6) is 0. The van der Waals surface area contributed by atoms with E-state index in [2.05, 4.69) is 30.1 Å². The summed E-state index contributed by atoms with van der Waals surface area (Å²) in [7, 11) is 1.99. The Bertz CT molecular complexity index is 252. The maximum absolute atomic E-state index is 3.21. The monoisotopic (exact) mass is 161 g/mol. The summed E-state index contributed by atoms with van der Waals surface area (Å²) >= 11 is 0. The van der Waals surface area contributed by atoms with Crippen molar-refractivity contribution in [1.82, 2.24) is 5.32 Å². The van der Waals surface area contributed by atoms with E-state index in [1.54, 1.807) is 0 Å². The van der Waals surface area contributed by atoms with Crippen LogP contribution in [0.1, 0.15) is 13.3 Å². The molecule has 1 aliphatic carbocycles. The van der Waals surface area contributed by atoms with E-state index < -0.39 is 0 Å². The molecule has 0 aromatic rings. The molecule has 1 aliphatic rings. The van der Waals surface area contributed by atoms with E-state index in [9.17, 15) is 0 Å². The zero-order valence-electron chi connectivity index (χ0n) is 7.67. The molecular formula is C11H15N. The second kappa shape index (κ2) is 4.76. The lowest BCUT2D eigenvalue weighted by Gasteiger charge is -2.09. The van der Waals surface area contributed by atoms with Crippen LogP contribution < -0.4 is 5.32 Å². The molecule has 0 heterocycles. The van der Waals surface area contributed by atoms with Crippen molar-refractivity contribution >= 4 is 0 Å². The molecule has 0 fully saturated rings. The van der Waals surface area contributed by atoms with Gasteiger partial charge < -0.3 is 5.32 Å². The predicted octanol–water partition coefficient (Wildman–Crippen LogP) is 2.19. The van der Waals surface area contributed by atoms with Crippen LogP contribution in [0.15, 0.2) is 41.7 Å². The molecule has 1 rings (SSSR count). The van der Waals surface area contributed by atoms with Gasteiger partial charge >= 0.3 is 0 Å². The van der Waals surface area contributed by atoms with Crippen LogP contribution in [0.2, 0.25) is 0 Å². The largest absolute Gasteiger partial charge is 0.317 e. The highest BCUT2D eigenvalue weighted by Crippen LogP contribution is 2.08. The van der Waals surface area contributed by atoms with Gasteiger partial charge in [-0.15, -0.1) is 5.73 Å². The van der Waals surface area contributed by atoms with Crippen molar-refractivity contribution in [1.29, 1.82) is 0 Å². The van der Waals surface area contributed by atoms with Crippen LogP contribution in [0.25, 0.3) is 0 Å². The molecule has 64 valence electrons. The van der Waals surface area contributed by atoms with Gasteiger partial charge in [-0.2, -0.15) is 0 Å². The van der Waals surface area contributed by atoms with E-state index in [1.807, 2.05) is 25.3 Å². The van der Waals surface area contributed by atoms with Crippen LogP contribution in [-0.4, -0.2) is 13.1 Å². The maximum Gasteiger partial charge on any atom is 0.00761 e. The van der Waals surface area contributed by atoms with Gasteiger partial charge in [0.2, 0.25) is 0 Å². The predicted molar refractivity (Wildman–Crippen MR) is 53.0 cm³/mol. The minimum Gasteiger partial charge on any atom is -0.317 e. The van der Waals surface area contributed by atoms with Crippen molar-refractivity contribution in [2.75, 3.05) is 7.05 Å². The average Bonchev–Trinajstić information content (AvgIpc) is 2.33. The number of rotatable bonds is 3. The van der Waals surface area contributed by atoms with Crippen molar-refractivity contribution in [3.05, 3.63) is 41.7 Å². The highest BCUT2D eigenvalue weighted by atomic mass is 14.8. The molecule has 0 spiro atoms. The van der Waals surface area contributed by atoms with Crippen LogP contribution in [0.5, 0.6) is 0 Å². The van der Waals surface area contributed by atoms with Gasteiger partial charge in [-0.3, -0.25) is 0 Å². The number of allylic oxidation sites excluding steroid dienone is 4. The van der Waals surface area contributed by atoms with Crippen LogP contribution in [0, 0.1) is 0 Å². The molecule has 0 unspecified atom stereocenters. The smallest absolute Gasteiger partial charge is 0.00761 e. The summed E-state index contributed by atoms with van der Waals surface area (Å²) in [6.07, 6.45) is 11.2. The first-order valence-corrected chi connectivity index (χ1v) is 4.28. The highest BCUT2D eigenvalue weighted by Gasteiger charge is 1.99. The molecule has 0 radical (unpaired) electrons. The summed E-state index contributed by atoms with van der Waals surface area (Å²) in [5.41, 5.74) is 4.38. The average molecular weight is 161 g/mol. The summed E-state index contributed by atoms with van der Waals surface area (Å²) in [6.45, 7) is 2.18. The Balaban J connectivity index is 2.54. The quantitative estimate of drug-likeness (QED) is 0.626. The molecule has 0 aromatic heterocycles. The summed E-state index contributed by atoms with van der Waals surface area (Å²) in [5, 5.41) is 3.21. The zero-order valence-corrected chi connectivity index (χ0v) is 7.67. The van der Waals surface area contributed by atoms with Gasteiger partial charge in [-0.1, -0.05) is 18.2 Å². The first-order valence-electron chi connectivity index (χ1n) is 4.28. The van der Waals surface area contributed by atoms with Gasteiger partial charge in [0.1, 0.15) is 0 Å². The first kappa shape index (κ1) is 9.05. The third kappa shape index (κ3) is 2.91. The SMILES string of the molecule is CN[C@@H](C)CC1=CC=C=CC=C1. The summed E-state index contributed by atoms with van der Waals surface area (Å²) in [4.78, 5) is 0. The Morgan fingerprint density at radius 3 is 3.08 bits per heavy atom. The van der Waals surface area contributed by atoms with E-state index in [-0.39, 0.29) is 0 Å². The van der Waals surface area contributed by atoms with Gasteiger partial charge in [-0.25, -0.2) is 0 Å². The van der Waals surface area contributed by atoms with Crippen LogP contribution in [-0.2, 0) is 0 Å². The van der Waals surface area contributed by atoms with E-state index in [1.165, 1.54) is 5.57 Å². The second-order valence-electron chi connectivity index (χ2n) is 2.99. The molecule has 1 heteroatoms. The Morgan fingerprint density at radius 1 is 1.50 bits per heavy atom. The van der Waals surface area contributed by atoms with Gasteiger partial charge in [0.25, 0.3) is 0 Å². The summed E-state index contributed by atoms with van der Waals surface area (Å²) < 4.78 is 0. The van der Waals surface area contributed by atoms with E-state index in [0.717, 1.165) is 6.42 Å². The van der Waals surface area contributed by atoms with Crippen molar-refractivity contribution in [3.63, 3.8) is 0 Å². The lowest BCUT2D eigenvalue weighted by Crippen LogP contribution is -2.21. The molecular weight excluding hydrogens is 146 g/mol. The Kier molecular flexibility index (Phi) is 3.59. The maximum atomic E-state index is 3.21. The fraction of sp³-hybridized carbons (Fsp3) is 0.364. The second-order valence-corrected chi connectivity index (χ2v) is 2.99. The molecule has 0 aliphatic heterocycles. The fourth-order valence-electron chi connectivity index (χ4n) is 1.09. The van der Waals surface area contributed by atoms with Crippen molar-refractivity contribution < 1.29 is 0 Å². The minimum absolute atomic E-state index is 0.535. The van der Waals surface area contributed by atoms with Crippen molar-refractivity contribution in [2.45, 2.75) is 19.4 Å². The zero-order chi connectivity index (χ0) is 8.81. The topological polar surface area (TPSA) is 12.0 Å². The van der Waals surface area contributed by atoms with Gasteiger partial charge in [0.15, 0.2) is 0 Å².